The van der Waals surface area contributed by atoms with Gasteiger partial charge in [0.15, 0.2) is 10.8 Å². The molecule has 0 atom stereocenters. The van der Waals surface area contributed by atoms with E-state index in [2.05, 4.69) is 4.98 Å². The standard InChI is InChI=1S/C15H14N2O4S/c1-3-21-14(19)12-8-22-15(16-12)17-7-9-4-5-10(20-2)6-11(9)13(17)18/h4-6,8H,3,7H2,1-2H3. The third kappa shape index (κ3) is 2.43. The Morgan fingerprint density at radius 1 is 1.45 bits per heavy atom. The van der Waals surface area contributed by atoms with Crippen LogP contribution in [-0.2, 0) is 11.3 Å². The topological polar surface area (TPSA) is 68.7 Å². The Morgan fingerprint density at radius 3 is 3.00 bits per heavy atom. The van der Waals surface area contributed by atoms with E-state index in [1.54, 1.807) is 30.4 Å². The minimum atomic E-state index is -0.476. The number of carbonyl (C=O) groups is 2. The number of carbonyl (C=O) groups excluding carboxylic acids is 2. The van der Waals surface area contributed by atoms with E-state index in [9.17, 15) is 9.59 Å². The summed E-state index contributed by atoms with van der Waals surface area (Å²) in [5.41, 5.74) is 1.74. The van der Waals surface area contributed by atoms with Crippen molar-refractivity contribution in [3.05, 3.63) is 40.4 Å². The maximum atomic E-state index is 12.5. The SMILES string of the molecule is CCOC(=O)c1csc(N2Cc3ccc(OC)cc3C2=O)n1. The molecule has 2 heterocycles. The molecule has 0 spiro atoms. The lowest BCUT2D eigenvalue weighted by molar-refractivity contribution is 0.0520. The summed E-state index contributed by atoms with van der Waals surface area (Å²) in [5, 5.41) is 2.09. The van der Waals surface area contributed by atoms with Gasteiger partial charge in [0.05, 0.1) is 20.3 Å². The molecule has 7 heteroatoms. The first-order valence-corrected chi connectivity index (χ1v) is 7.63. The monoisotopic (exact) mass is 318 g/mol. The van der Waals surface area contributed by atoms with Crippen molar-refractivity contribution in [2.45, 2.75) is 13.5 Å². The fourth-order valence-corrected chi connectivity index (χ4v) is 3.04. The van der Waals surface area contributed by atoms with Crippen molar-refractivity contribution in [1.29, 1.82) is 0 Å². The molecule has 0 unspecified atom stereocenters. The van der Waals surface area contributed by atoms with Crippen molar-refractivity contribution in [2.75, 3.05) is 18.6 Å². The first-order valence-electron chi connectivity index (χ1n) is 6.75. The number of rotatable bonds is 4. The van der Waals surface area contributed by atoms with Crippen molar-refractivity contribution in [3.63, 3.8) is 0 Å². The smallest absolute Gasteiger partial charge is 0.357 e. The van der Waals surface area contributed by atoms with E-state index in [0.717, 1.165) is 5.56 Å². The van der Waals surface area contributed by atoms with E-state index < -0.39 is 5.97 Å². The summed E-state index contributed by atoms with van der Waals surface area (Å²) < 4.78 is 10.1. The first-order chi connectivity index (χ1) is 10.6. The van der Waals surface area contributed by atoms with Crippen LogP contribution >= 0.6 is 11.3 Å². The quantitative estimate of drug-likeness (QED) is 0.810. The zero-order valence-electron chi connectivity index (χ0n) is 12.2. The van der Waals surface area contributed by atoms with Crippen LogP contribution in [0.4, 0.5) is 5.13 Å². The molecule has 1 aliphatic heterocycles. The Hall–Kier alpha value is -2.41. The van der Waals surface area contributed by atoms with E-state index >= 15 is 0 Å². The van der Waals surface area contributed by atoms with Crippen LogP contribution in [0.1, 0.15) is 33.3 Å². The van der Waals surface area contributed by atoms with E-state index in [4.69, 9.17) is 9.47 Å². The highest BCUT2D eigenvalue weighted by Gasteiger charge is 2.31. The number of ether oxygens (including phenoxy) is 2. The predicted octanol–water partition coefficient (Wildman–Crippen LogP) is 2.49. The van der Waals surface area contributed by atoms with E-state index in [1.807, 2.05) is 12.1 Å². The number of fused-ring (bicyclic) bond motifs is 1. The van der Waals surface area contributed by atoms with Gasteiger partial charge in [-0.2, -0.15) is 0 Å². The molecule has 1 aromatic carbocycles. The van der Waals surface area contributed by atoms with Crippen molar-refractivity contribution in [1.82, 2.24) is 4.98 Å². The van der Waals surface area contributed by atoms with Gasteiger partial charge in [0, 0.05) is 10.9 Å². The molecule has 6 nitrogen and oxygen atoms in total. The highest BCUT2D eigenvalue weighted by atomic mass is 32.1. The first kappa shape index (κ1) is 14.5. The number of hydrogen-bond acceptors (Lipinski definition) is 6. The summed E-state index contributed by atoms with van der Waals surface area (Å²) in [4.78, 5) is 29.9. The number of aromatic nitrogens is 1. The maximum Gasteiger partial charge on any atom is 0.357 e. The molecule has 1 amide bonds. The molecule has 2 aromatic rings. The fraction of sp³-hybridized carbons (Fsp3) is 0.267. The molecule has 0 aliphatic carbocycles. The van der Waals surface area contributed by atoms with Gasteiger partial charge in [-0.25, -0.2) is 9.78 Å². The minimum Gasteiger partial charge on any atom is -0.497 e. The van der Waals surface area contributed by atoms with Crippen LogP contribution in [0.25, 0.3) is 0 Å². The second-order valence-electron chi connectivity index (χ2n) is 4.65. The maximum absolute atomic E-state index is 12.5. The number of esters is 1. The number of nitrogens with zero attached hydrogens (tertiary/aromatic N) is 2. The van der Waals surface area contributed by atoms with Crippen LogP contribution in [0.5, 0.6) is 5.75 Å². The number of hydrogen-bond donors (Lipinski definition) is 0. The van der Waals surface area contributed by atoms with Crippen molar-refractivity contribution in [2.24, 2.45) is 0 Å². The van der Waals surface area contributed by atoms with Crippen LogP contribution in [-0.4, -0.2) is 30.6 Å². The lowest BCUT2D eigenvalue weighted by Crippen LogP contribution is -2.23. The molecule has 22 heavy (non-hydrogen) atoms. The third-order valence-corrected chi connectivity index (χ3v) is 4.19. The van der Waals surface area contributed by atoms with Crippen LogP contribution in [0, 0.1) is 0 Å². The fourth-order valence-electron chi connectivity index (χ4n) is 2.25. The molecule has 0 bridgehead atoms. The number of thiazole rings is 1. The Morgan fingerprint density at radius 2 is 2.27 bits per heavy atom. The third-order valence-electron chi connectivity index (χ3n) is 3.33. The number of methoxy groups -OCH3 is 1. The van der Waals surface area contributed by atoms with Gasteiger partial charge < -0.3 is 9.47 Å². The van der Waals surface area contributed by atoms with E-state index in [1.165, 1.54) is 11.3 Å². The lowest BCUT2D eigenvalue weighted by Gasteiger charge is -2.10. The van der Waals surface area contributed by atoms with Crippen molar-refractivity contribution < 1.29 is 19.1 Å². The summed E-state index contributed by atoms with van der Waals surface area (Å²) in [5.74, 6) is 0.0230. The molecule has 0 fully saturated rings. The van der Waals surface area contributed by atoms with Crippen LogP contribution in [0.15, 0.2) is 23.6 Å². The second-order valence-corrected chi connectivity index (χ2v) is 5.49. The van der Waals surface area contributed by atoms with Gasteiger partial charge in [0.1, 0.15) is 5.75 Å². The molecule has 0 saturated heterocycles. The Balaban J connectivity index is 1.86. The van der Waals surface area contributed by atoms with Gasteiger partial charge >= 0.3 is 5.97 Å². The molecule has 1 aliphatic rings. The normalized spacial score (nSPS) is 13.2. The Labute approximate surface area is 131 Å². The second kappa shape index (κ2) is 5.76. The zero-order chi connectivity index (χ0) is 15.7. The van der Waals surface area contributed by atoms with Gasteiger partial charge in [-0.15, -0.1) is 11.3 Å². The average Bonchev–Trinajstić information content (AvgIpc) is 3.12. The summed E-state index contributed by atoms with van der Waals surface area (Å²) in [6.45, 7) is 2.46. The summed E-state index contributed by atoms with van der Waals surface area (Å²) in [7, 11) is 1.56. The molecular weight excluding hydrogens is 304 g/mol. The number of benzene rings is 1. The van der Waals surface area contributed by atoms with E-state index in [0.29, 0.717) is 29.6 Å². The molecule has 114 valence electrons. The molecule has 0 saturated carbocycles. The largest absolute Gasteiger partial charge is 0.497 e. The minimum absolute atomic E-state index is 0.140. The molecule has 3 rings (SSSR count). The van der Waals surface area contributed by atoms with Gasteiger partial charge in [-0.05, 0) is 24.6 Å². The summed E-state index contributed by atoms with van der Waals surface area (Å²) >= 11 is 1.25. The van der Waals surface area contributed by atoms with Gasteiger partial charge in [-0.3, -0.25) is 9.69 Å². The average molecular weight is 318 g/mol. The Kier molecular flexibility index (Phi) is 3.81. The van der Waals surface area contributed by atoms with Gasteiger partial charge in [0.25, 0.3) is 5.91 Å². The predicted molar refractivity (Wildman–Crippen MR) is 81.6 cm³/mol. The molecule has 1 aromatic heterocycles. The Bertz CT molecular complexity index is 741. The van der Waals surface area contributed by atoms with Crippen LogP contribution < -0.4 is 9.64 Å². The van der Waals surface area contributed by atoms with E-state index in [-0.39, 0.29) is 11.6 Å². The lowest BCUT2D eigenvalue weighted by atomic mass is 10.1. The van der Waals surface area contributed by atoms with Crippen LogP contribution in [0.3, 0.4) is 0 Å². The molecular formula is C15H14N2O4S. The summed E-state index contributed by atoms with van der Waals surface area (Å²) in [6.07, 6.45) is 0. The van der Waals surface area contributed by atoms with Gasteiger partial charge in [0.2, 0.25) is 0 Å². The zero-order valence-corrected chi connectivity index (χ0v) is 13.0. The highest BCUT2D eigenvalue weighted by Crippen LogP contribution is 2.32. The van der Waals surface area contributed by atoms with Crippen LogP contribution in [0.2, 0.25) is 0 Å². The van der Waals surface area contributed by atoms with Gasteiger partial charge in [-0.1, -0.05) is 6.07 Å². The van der Waals surface area contributed by atoms with Crippen molar-refractivity contribution in [3.8, 4) is 5.75 Å². The number of anilines is 1. The molecule has 0 radical (unpaired) electrons. The molecule has 0 N–H and O–H groups in total. The van der Waals surface area contributed by atoms with Crippen molar-refractivity contribution >= 4 is 28.3 Å². The highest BCUT2D eigenvalue weighted by molar-refractivity contribution is 7.14. The number of amides is 1. The summed E-state index contributed by atoms with van der Waals surface area (Å²) in [6, 6.07) is 5.41.